The smallest absolute Gasteiger partial charge is 0.207 e. The summed E-state index contributed by atoms with van der Waals surface area (Å²) >= 11 is 1.71. The van der Waals surface area contributed by atoms with Gasteiger partial charge in [0.1, 0.15) is 0 Å². The number of hydrogen-bond donors (Lipinski definition) is 1. The summed E-state index contributed by atoms with van der Waals surface area (Å²) < 4.78 is 2.30. The first-order valence-corrected chi connectivity index (χ1v) is 6.72. The summed E-state index contributed by atoms with van der Waals surface area (Å²) in [7, 11) is 0. The van der Waals surface area contributed by atoms with Gasteiger partial charge in [-0.1, -0.05) is 0 Å². The highest BCUT2D eigenvalue weighted by Gasteiger charge is 2.19. The Labute approximate surface area is 111 Å². The fourth-order valence-corrected chi connectivity index (χ4v) is 2.90. The Morgan fingerprint density at radius 2 is 2.00 bits per heavy atom. The minimum atomic E-state index is 0.320. The van der Waals surface area contributed by atoms with Crippen LogP contribution in [0.15, 0.2) is 29.2 Å². The number of nitrogens with zero attached hydrogens (tertiary/aromatic N) is 2. The van der Waals surface area contributed by atoms with Gasteiger partial charge in [-0.25, -0.2) is 4.31 Å². The molecule has 0 atom stereocenters. The van der Waals surface area contributed by atoms with Gasteiger partial charge in [0.2, 0.25) is 6.41 Å². The van der Waals surface area contributed by atoms with Crippen LogP contribution in [-0.2, 0) is 4.79 Å². The number of carbonyl (C=O) groups excluding carboxylic acids is 1. The molecule has 1 aliphatic rings. The molecule has 0 saturated carbocycles. The van der Waals surface area contributed by atoms with Crippen LogP contribution in [0, 0.1) is 11.3 Å². The second kappa shape index (κ2) is 6.43. The van der Waals surface area contributed by atoms with Crippen molar-refractivity contribution in [2.24, 2.45) is 0 Å². The highest BCUT2D eigenvalue weighted by molar-refractivity contribution is 7.97. The molecule has 1 fully saturated rings. The second-order valence-electron chi connectivity index (χ2n) is 4.22. The predicted molar refractivity (Wildman–Crippen MR) is 70.8 cm³/mol. The topological polar surface area (TPSA) is 56.1 Å². The molecule has 4 nitrogen and oxygen atoms in total. The molecule has 2 rings (SSSR count). The van der Waals surface area contributed by atoms with Gasteiger partial charge in [0.05, 0.1) is 11.6 Å². The van der Waals surface area contributed by atoms with E-state index in [1.54, 1.807) is 11.9 Å². The monoisotopic (exact) mass is 261 g/mol. The first-order valence-electron chi connectivity index (χ1n) is 5.94. The van der Waals surface area contributed by atoms with Crippen molar-refractivity contribution >= 4 is 18.4 Å². The van der Waals surface area contributed by atoms with Crippen LogP contribution in [0.25, 0.3) is 0 Å². The average Bonchev–Trinajstić information content (AvgIpc) is 2.42. The third-order valence-electron chi connectivity index (χ3n) is 2.98. The van der Waals surface area contributed by atoms with Crippen LogP contribution >= 0.6 is 11.9 Å². The number of nitriles is 1. The van der Waals surface area contributed by atoms with Gasteiger partial charge in [-0.15, -0.1) is 0 Å². The lowest BCUT2D eigenvalue weighted by Crippen LogP contribution is -2.39. The molecule has 0 bridgehead atoms. The van der Waals surface area contributed by atoms with Crippen molar-refractivity contribution in [1.29, 1.82) is 5.26 Å². The Kier molecular flexibility index (Phi) is 4.62. The summed E-state index contributed by atoms with van der Waals surface area (Å²) in [6.45, 7) is 1.94. The van der Waals surface area contributed by atoms with Crippen LogP contribution in [0.2, 0.25) is 0 Å². The molecule has 0 radical (unpaired) electrons. The van der Waals surface area contributed by atoms with E-state index in [2.05, 4.69) is 15.7 Å². The molecular weight excluding hydrogens is 246 g/mol. The molecule has 5 heteroatoms. The van der Waals surface area contributed by atoms with Crippen molar-refractivity contribution in [2.45, 2.75) is 23.8 Å². The van der Waals surface area contributed by atoms with Crippen LogP contribution in [0.5, 0.6) is 0 Å². The van der Waals surface area contributed by atoms with Gasteiger partial charge in [0, 0.05) is 24.0 Å². The van der Waals surface area contributed by atoms with Gasteiger partial charge < -0.3 is 5.32 Å². The summed E-state index contributed by atoms with van der Waals surface area (Å²) in [5, 5.41) is 11.6. The zero-order valence-corrected chi connectivity index (χ0v) is 10.8. The van der Waals surface area contributed by atoms with Crippen molar-refractivity contribution in [3.8, 4) is 6.07 Å². The summed E-state index contributed by atoms with van der Waals surface area (Å²) in [6, 6.07) is 10.0. The number of hydrogen-bond acceptors (Lipinski definition) is 4. The van der Waals surface area contributed by atoms with E-state index >= 15 is 0 Å². The Bertz CT molecular complexity index is 433. The Morgan fingerprint density at radius 3 is 2.56 bits per heavy atom. The molecule has 1 aliphatic heterocycles. The van der Waals surface area contributed by atoms with Crippen molar-refractivity contribution in [2.75, 3.05) is 13.1 Å². The van der Waals surface area contributed by atoms with Crippen LogP contribution in [0.1, 0.15) is 18.4 Å². The molecule has 18 heavy (non-hydrogen) atoms. The molecule has 0 spiro atoms. The molecule has 1 saturated heterocycles. The van der Waals surface area contributed by atoms with E-state index in [4.69, 9.17) is 5.26 Å². The minimum Gasteiger partial charge on any atom is -0.356 e. The number of rotatable bonds is 4. The van der Waals surface area contributed by atoms with E-state index in [1.807, 2.05) is 24.3 Å². The minimum absolute atomic E-state index is 0.320. The van der Waals surface area contributed by atoms with Gasteiger partial charge in [0.25, 0.3) is 0 Å². The van der Waals surface area contributed by atoms with Gasteiger partial charge in [-0.05, 0) is 49.1 Å². The molecule has 1 amide bonds. The maximum Gasteiger partial charge on any atom is 0.207 e. The van der Waals surface area contributed by atoms with E-state index < -0.39 is 0 Å². The van der Waals surface area contributed by atoms with E-state index in [0.29, 0.717) is 11.6 Å². The van der Waals surface area contributed by atoms with Gasteiger partial charge in [-0.2, -0.15) is 5.26 Å². The summed E-state index contributed by atoms with van der Waals surface area (Å²) in [5.41, 5.74) is 0.688. The van der Waals surface area contributed by atoms with Crippen LogP contribution in [0.4, 0.5) is 0 Å². The predicted octanol–water partition coefficient (Wildman–Crippen LogP) is 1.78. The second-order valence-corrected chi connectivity index (χ2v) is 5.39. The van der Waals surface area contributed by atoms with Gasteiger partial charge in [-0.3, -0.25) is 4.79 Å². The number of carbonyl (C=O) groups is 1. The van der Waals surface area contributed by atoms with Crippen molar-refractivity contribution in [1.82, 2.24) is 9.62 Å². The molecule has 1 aromatic rings. The van der Waals surface area contributed by atoms with E-state index in [1.165, 1.54) is 0 Å². The molecular formula is C13H15N3OS. The lowest BCUT2D eigenvalue weighted by Gasteiger charge is -2.30. The third-order valence-corrected chi connectivity index (χ3v) is 4.08. The summed E-state index contributed by atoms with van der Waals surface area (Å²) in [5.74, 6) is 0. The highest BCUT2D eigenvalue weighted by Crippen LogP contribution is 2.26. The first-order chi connectivity index (χ1) is 8.81. The van der Waals surface area contributed by atoms with Crippen LogP contribution in [0.3, 0.4) is 0 Å². The SMILES string of the molecule is N#Cc1ccc(SN2CCC(NC=O)CC2)cc1. The zero-order valence-electron chi connectivity index (χ0n) is 10.0. The normalized spacial score (nSPS) is 17.1. The standard InChI is InChI=1S/C13H15N3OS/c14-9-11-1-3-13(4-2-11)18-16-7-5-12(6-8-16)15-10-17/h1-4,10,12H,5-8H2,(H,15,17). The molecule has 0 unspecified atom stereocenters. The largest absolute Gasteiger partial charge is 0.356 e. The first kappa shape index (κ1) is 12.9. The Balaban J connectivity index is 1.84. The molecule has 1 N–H and O–H groups in total. The van der Waals surface area contributed by atoms with Crippen molar-refractivity contribution in [3.05, 3.63) is 29.8 Å². The van der Waals surface area contributed by atoms with E-state index in [-0.39, 0.29) is 0 Å². The molecule has 0 aromatic heterocycles. The van der Waals surface area contributed by atoms with Crippen LogP contribution in [-0.4, -0.2) is 29.8 Å². The average molecular weight is 261 g/mol. The lowest BCUT2D eigenvalue weighted by molar-refractivity contribution is -0.110. The van der Waals surface area contributed by atoms with E-state index in [9.17, 15) is 4.79 Å². The van der Waals surface area contributed by atoms with Crippen molar-refractivity contribution in [3.63, 3.8) is 0 Å². The fraction of sp³-hybridized carbons (Fsp3) is 0.385. The molecule has 0 aliphatic carbocycles. The number of benzene rings is 1. The number of piperidine rings is 1. The lowest BCUT2D eigenvalue weighted by atomic mass is 10.1. The van der Waals surface area contributed by atoms with E-state index in [0.717, 1.165) is 37.2 Å². The molecule has 1 aromatic carbocycles. The summed E-state index contributed by atoms with van der Waals surface area (Å²) in [4.78, 5) is 11.5. The maximum atomic E-state index is 10.3. The number of amides is 1. The van der Waals surface area contributed by atoms with Crippen molar-refractivity contribution < 1.29 is 4.79 Å². The van der Waals surface area contributed by atoms with Gasteiger partial charge >= 0.3 is 0 Å². The molecule has 94 valence electrons. The Hall–Kier alpha value is -1.51. The highest BCUT2D eigenvalue weighted by atomic mass is 32.2. The quantitative estimate of drug-likeness (QED) is 0.663. The Morgan fingerprint density at radius 1 is 1.33 bits per heavy atom. The van der Waals surface area contributed by atoms with Crippen LogP contribution < -0.4 is 5.32 Å². The maximum absolute atomic E-state index is 10.3. The fourth-order valence-electron chi connectivity index (χ4n) is 1.95. The molecule has 1 heterocycles. The third kappa shape index (κ3) is 3.49. The summed E-state index contributed by atoms with van der Waals surface area (Å²) in [6.07, 6.45) is 2.76. The van der Waals surface area contributed by atoms with Gasteiger partial charge in [0.15, 0.2) is 0 Å². The number of nitrogens with one attached hydrogen (secondary N) is 1. The zero-order chi connectivity index (χ0) is 12.8.